The number of sulfone groups is 1. The third-order valence-corrected chi connectivity index (χ3v) is 5.65. The molecule has 2 N–H and O–H groups in total. The van der Waals surface area contributed by atoms with Gasteiger partial charge >= 0.3 is 5.97 Å². The fourth-order valence-electron chi connectivity index (χ4n) is 2.45. The fourth-order valence-corrected chi connectivity index (χ4v) is 3.75. The summed E-state index contributed by atoms with van der Waals surface area (Å²) in [6.45, 7) is 1.87. The third kappa shape index (κ3) is 3.93. The molecule has 0 bridgehead atoms. The van der Waals surface area contributed by atoms with Crippen LogP contribution in [-0.2, 0) is 9.84 Å². The molecule has 0 saturated carbocycles. The first-order chi connectivity index (χ1) is 12.8. The van der Waals surface area contributed by atoms with Crippen molar-refractivity contribution in [1.29, 1.82) is 0 Å². The van der Waals surface area contributed by atoms with Crippen molar-refractivity contribution in [2.24, 2.45) is 0 Å². The molecule has 7 heteroatoms. The van der Waals surface area contributed by atoms with Gasteiger partial charge in [-0.05, 0) is 49.4 Å². The number of benzene rings is 3. The van der Waals surface area contributed by atoms with E-state index in [1.165, 1.54) is 24.3 Å². The van der Waals surface area contributed by atoms with E-state index in [9.17, 15) is 18.3 Å². The SMILES string of the molecule is Cc1ccc(S(=O)(=O)c2cccc(Oc3ccc(C(=O)O)c(O)c3)c2)cc1. The van der Waals surface area contributed by atoms with Crippen LogP contribution in [0.25, 0.3) is 0 Å². The maximum Gasteiger partial charge on any atom is 0.339 e. The molecule has 138 valence electrons. The molecular weight excluding hydrogens is 368 g/mol. The molecule has 0 aliphatic heterocycles. The molecule has 0 aliphatic carbocycles. The van der Waals surface area contributed by atoms with Crippen LogP contribution in [0.1, 0.15) is 15.9 Å². The number of carboxylic acid groups (broad SMARTS) is 1. The quantitative estimate of drug-likeness (QED) is 0.689. The molecule has 0 aromatic heterocycles. The van der Waals surface area contributed by atoms with Crippen LogP contribution in [0.3, 0.4) is 0 Å². The normalized spacial score (nSPS) is 11.1. The number of hydrogen-bond acceptors (Lipinski definition) is 5. The highest BCUT2D eigenvalue weighted by atomic mass is 32.2. The Labute approximate surface area is 156 Å². The smallest absolute Gasteiger partial charge is 0.339 e. The van der Waals surface area contributed by atoms with Gasteiger partial charge in [0.25, 0.3) is 0 Å². The van der Waals surface area contributed by atoms with Crippen LogP contribution in [0.15, 0.2) is 76.5 Å². The molecule has 3 rings (SSSR count). The van der Waals surface area contributed by atoms with E-state index in [0.29, 0.717) is 0 Å². The highest BCUT2D eigenvalue weighted by molar-refractivity contribution is 7.91. The highest BCUT2D eigenvalue weighted by Crippen LogP contribution is 2.30. The fraction of sp³-hybridized carbons (Fsp3) is 0.0500. The standard InChI is InChI=1S/C20H16O6S/c1-13-5-8-16(9-6-13)27(24,25)17-4-2-3-14(11-17)26-15-7-10-18(20(22)23)19(21)12-15/h2-12,21H,1H3,(H,22,23). The van der Waals surface area contributed by atoms with Crippen molar-refractivity contribution >= 4 is 15.8 Å². The predicted molar refractivity (Wildman–Crippen MR) is 98.2 cm³/mol. The van der Waals surface area contributed by atoms with Gasteiger partial charge in [-0.15, -0.1) is 0 Å². The van der Waals surface area contributed by atoms with Gasteiger partial charge in [0.2, 0.25) is 9.84 Å². The second kappa shape index (κ2) is 7.13. The van der Waals surface area contributed by atoms with Crippen molar-refractivity contribution < 1.29 is 28.2 Å². The average Bonchev–Trinajstić information content (AvgIpc) is 2.62. The number of rotatable bonds is 5. The van der Waals surface area contributed by atoms with Crippen LogP contribution in [-0.4, -0.2) is 24.6 Å². The summed E-state index contributed by atoms with van der Waals surface area (Å²) in [7, 11) is -3.70. The first-order valence-electron chi connectivity index (χ1n) is 7.93. The lowest BCUT2D eigenvalue weighted by Gasteiger charge is -2.10. The Morgan fingerprint density at radius 1 is 0.889 bits per heavy atom. The molecular formula is C20H16O6S. The molecule has 0 saturated heterocycles. The molecule has 27 heavy (non-hydrogen) atoms. The Hall–Kier alpha value is -3.32. The zero-order valence-electron chi connectivity index (χ0n) is 14.3. The van der Waals surface area contributed by atoms with Crippen molar-refractivity contribution in [3.8, 4) is 17.2 Å². The van der Waals surface area contributed by atoms with Crippen LogP contribution < -0.4 is 4.74 Å². The van der Waals surface area contributed by atoms with E-state index in [0.717, 1.165) is 11.6 Å². The van der Waals surface area contributed by atoms with Crippen molar-refractivity contribution in [3.05, 3.63) is 77.9 Å². The average molecular weight is 384 g/mol. The Morgan fingerprint density at radius 3 is 2.19 bits per heavy atom. The van der Waals surface area contributed by atoms with Gasteiger partial charge in [-0.25, -0.2) is 13.2 Å². The molecule has 0 aliphatic rings. The maximum atomic E-state index is 12.8. The van der Waals surface area contributed by atoms with E-state index in [1.54, 1.807) is 36.4 Å². The largest absolute Gasteiger partial charge is 0.507 e. The van der Waals surface area contributed by atoms with Crippen LogP contribution >= 0.6 is 0 Å². The summed E-state index contributed by atoms with van der Waals surface area (Å²) in [5.41, 5.74) is 0.702. The number of aromatic carboxylic acids is 1. The maximum absolute atomic E-state index is 12.8. The highest BCUT2D eigenvalue weighted by Gasteiger charge is 2.18. The van der Waals surface area contributed by atoms with E-state index in [2.05, 4.69) is 0 Å². The molecule has 0 radical (unpaired) electrons. The number of phenols is 1. The van der Waals surface area contributed by atoms with Crippen molar-refractivity contribution in [2.45, 2.75) is 16.7 Å². The molecule has 0 spiro atoms. The van der Waals surface area contributed by atoms with Gasteiger partial charge in [-0.3, -0.25) is 0 Å². The second-order valence-electron chi connectivity index (χ2n) is 5.88. The number of ether oxygens (including phenoxy) is 1. The molecule has 0 atom stereocenters. The summed E-state index contributed by atoms with van der Waals surface area (Å²) in [5.74, 6) is -1.28. The lowest BCUT2D eigenvalue weighted by molar-refractivity contribution is 0.0693. The summed E-state index contributed by atoms with van der Waals surface area (Å²) in [4.78, 5) is 11.2. The Balaban J connectivity index is 1.91. The van der Waals surface area contributed by atoms with Gasteiger partial charge in [-0.2, -0.15) is 0 Å². The molecule has 6 nitrogen and oxygen atoms in total. The topological polar surface area (TPSA) is 101 Å². The molecule has 0 heterocycles. The zero-order chi connectivity index (χ0) is 19.6. The van der Waals surface area contributed by atoms with Gasteiger partial charge < -0.3 is 14.9 Å². The number of carboxylic acids is 1. The first kappa shape index (κ1) is 18.5. The Morgan fingerprint density at radius 2 is 1.56 bits per heavy atom. The number of carbonyl (C=O) groups is 1. The minimum atomic E-state index is -3.70. The summed E-state index contributed by atoms with van der Waals surface area (Å²) in [5, 5.41) is 18.7. The van der Waals surface area contributed by atoms with Gasteiger partial charge in [0, 0.05) is 6.07 Å². The molecule has 0 unspecified atom stereocenters. The van der Waals surface area contributed by atoms with E-state index in [1.807, 2.05) is 6.92 Å². The van der Waals surface area contributed by atoms with E-state index in [4.69, 9.17) is 9.84 Å². The van der Waals surface area contributed by atoms with Crippen molar-refractivity contribution in [2.75, 3.05) is 0 Å². The van der Waals surface area contributed by atoms with Crippen LogP contribution in [0, 0.1) is 6.92 Å². The molecule has 0 fully saturated rings. The monoisotopic (exact) mass is 384 g/mol. The Kier molecular flexibility index (Phi) is 4.87. The van der Waals surface area contributed by atoms with Crippen LogP contribution in [0.2, 0.25) is 0 Å². The van der Waals surface area contributed by atoms with Crippen LogP contribution in [0.4, 0.5) is 0 Å². The third-order valence-electron chi connectivity index (χ3n) is 3.88. The van der Waals surface area contributed by atoms with Gasteiger partial charge in [-0.1, -0.05) is 23.8 Å². The number of aryl methyl sites for hydroxylation is 1. The van der Waals surface area contributed by atoms with Gasteiger partial charge in [0.15, 0.2) is 0 Å². The van der Waals surface area contributed by atoms with E-state index < -0.39 is 21.6 Å². The first-order valence-corrected chi connectivity index (χ1v) is 9.42. The van der Waals surface area contributed by atoms with E-state index in [-0.39, 0.29) is 26.9 Å². The van der Waals surface area contributed by atoms with Crippen LogP contribution in [0.5, 0.6) is 17.2 Å². The summed E-state index contributed by atoms with van der Waals surface area (Å²) < 4.78 is 31.1. The minimum absolute atomic E-state index is 0.0650. The van der Waals surface area contributed by atoms with Crippen molar-refractivity contribution in [1.82, 2.24) is 0 Å². The number of hydrogen-bond donors (Lipinski definition) is 2. The lowest BCUT2D eigenvalue weighted by atomic mass is 10.2. The zero-order valence-corrected chi connectivity index (χ0v) is 15.1. The van der Waals surface area contributed by atoms with Gasteiger partial charge in [0.1, 0.15) is 22.8 Å². The molecule has 3 aromatic carbocycles. The number of aromatic hydroxyl groups is 1. The molecule has 3 aromatic rings. The lowest BCUT2D eigenvalue weighted by Crippen LogP contribution is -2.02. The van der Waals surface area contributed by atoms with Crippen molar-refractivity contribution in [3.63, 3.8) is 0 Å². The molecule has 0 amide bonds. The predicted octanol–water partition coefficient (Wildman–Crippen LogP) is 4.02. The second-order valence-corrected chi connectivity index (χ2v) is 7.83. The Bertz CT molecular complexity index is 1100. The minimum Gasteiger partial charge on any atom is -0.507 e. The summed E-state index contributed by atoms with van der Waals surface area (Å²) in [6.07, 6.45) is 0. The van der Waals surface area contributed by atoms with Gasteiger partial charge in [0.05, 0.1) is 9.79 Å². The summed E-state index contributed by atoms with van der Waals surface area (Å²) >= 11 is 0. The van der Waals surface area contributed by atoms with E-state index >= 15 is 0 Å². The summed E-state index contributed by atoms with van der Waals surface area (Å²) in [6, 6.07) is 16.2.